The highest BCUT2D eigenvalue weighted by atomic mass is 32.2. The van der Waals surface area contributed by atoms with Crippen LogP contribution in [0.5, 0.6) is 5.75 Å². The number of amides is 1. The first-order valence-corrected chi connectivity index (χ1v) is 11.9. The number of ether oxygens (including phenoxy) is 1. The Morgan fingerprint density at radius 1 is 0.971 bits per heavy atom. The van der Waals surface area contributed by atoms with Crippen molar-refractivity contribution in [1.29, 1.82) is 0 Å². The number of anilines is 1. The maximum Gasteiger partial charge on any atom is 0.271 e. The zero-order valence-corrected chi connectivity index (χ0v) is 19.9. The van der Waals surface area contributed by atoms with Crippen LogP contribution in [0.3, 0.4) is 0 Å². The molecule has 1 amide bonds. The molecule has 35 heavy (non-hydrogen) atoms. The third kappa shape index (κ3) is 4.80. The van der Waals surface area contributed by atoms with E-state index in [4.69, 9.17) is 17.0 Å². The Morgan fingerprint density at radius 2 is 1.74 bits per heavy atom. The zero-order chi connectivity index (χ0) is 24.4. The van der Waals surface area contributed by atoms with Gasteiger partial charge in [-0.05, 0) is 46.2 Å². The van der Waals surface area contributed by atoms with Gasteiger partial charge in [-0.25, -0.2) is 0 Å². The predicted octanol–water partition coefficient (Wildman–Crippen LogP) is 6.73. The minimum absolute atomic E-state index is 0.100. The van der Waals surface area contributed by atoms with Crippen LogP contribution in [0.25, 0.3) is 16.8 Å². The van der Waals surface area contributed by atoms with Crippen molar-refractivity contribution in [2.45, 2.75) is 6.61 Å². The molecule has 1 fully saturated rings. The molecule has 1 saturated heterocycles. The SMILES string of the molecule is O=C1/C(=C\c2cccc(OCc3cccc4ccccc34)c2)SC(=S)N1c1cccc([N+](=O)[O-])c1. The monoisotopic (exact) mass is 498 g/mol. The number of nitrogens with zero attached hydrogens (tertiary/aromatic N) is 2. The van der Waals surface area contributed by atoms with E-state index in [1.165, 1.54) is 23.1 Å². The normalized spacial score (nSPS) is 14.6. The van der Waals surface area contributed by atoms with Crippen LogP contribution < -0.4 is 9.64 Å². The average molecular weight is 499 g/mol. The molecule has 0 N–H and O–H groups in total. The standard InChI is InChI=1S/C27H18N2O4S2/c30-26-25(35-27(34)28(26)21-10-5-11-22(16-21)29(31)32)15-18-6-3-12-23(14-18)33-17-20-9-4-8-19-7-1-2-13-24(19)20/h1-16H,17H2/b25-15+. The molecular weight excluding hydrogens is 480 g/mol. The number of hydrogen-bond acceptors (Lipinski definition) is 6. The minimum Gasteiger partial charge on any atom is -0.489 e. The number of nitro benzene ring substituents is 1. The number of carbonyl (C=O) groups excluding carboxylic acids is 1. The van der Waals surface area contributed by atoms with Gasteiger partial charge in [0.15, 0.2) is 4.32 Å². The molecule has 5 rings (SSSR count). The number of thiocarbonyl (C=S) groups is 1. The van der Waals surface area contributed by atoms with Crippen LogP contribution in [-0.2, 0) is 11.4 Å². The molecule has 0 unspecified atom stereocenters. The van der Waals surface area contributed by atoms with Crippen molar-refractivity contribution in [3.05, 3.63) is 117 Å². The van der Waals surface area contributed by atoms with E-state index in [0.717, 1.165) is 33.7 Å². The van der Waals surface area contributed by atoms with Gasteiger partial charge in [-0.3, -0.25) is 19.8 Å². The number of fused-ring (bicyclic) bond motifs is 1. The van der Waals surface area contributed by atoms with Crippen LogP contribution in [0.15, 0.2) is 95.9 Å². The van der Waals surface area contributed by atoms with E-state index >= 15 is 0 Å². The van der Waals surface area contributed by atoms with Crippen LogP contribution in [0.4, 0.5) is 11.4 Å². The first-order valence-electron chi connectivity index (χ1n) is 10.7. The summed E-state index contributed by atoms with van der Waals surface area (Å²) >= 11 is 6.56. The summed E-state index contributed by atoms with van der Waals surface area (Å²) in [5.74, 6) is 0.364. The quantitative estimate of drug-likeness (QED) is 0.127. The number of hydrogen-bond donors (Lipinski definition) is 0. The molecule has 0 radical (unpaired) electrons. The van der Waals surface area contributed by atoms with E-state index in [0.29, 0.717) is 27.3 Å². The lowest BCUT2D eigenvalue weighted by molar-refractivity contribution is -0.384. The van der Waals surface area contributed by atoms with Gasteiger partial charge in [-0.2, -0.15) is 0 Å². The highest BCUT2D eigenvalue weighted by molar-refractivity contribution is 8.27. The molecule has 1 heterocycles. The lowest BCUT2D eigenvalue weighted by Gasteiger charge is -2.14. The third-order valence-electron chi connectivity index (χ3n) is 5.52. The first-order chi connectivity index (χ1) is 17.0. The van der Waals surface area contributed by atoms with Crippen molar-refractivity contribution in [3.8, 4) is 5.75 Å². The largest absolute Gasteiger partial charge is 0.489 e. The molecule has 0 aliphatic carbocycles. The molecule has 172 valence electrons. The van der Waals surface area contributed by atoms with E-state index < -0.39 is 4.92 Å². The van der Waals surface area contributed by atoms with Gasteiger partial charge < -0.3 is 4.74 Å². The summed E-state index contributed by atoms with van der Waals surface area (Å²) in [4.78, 5) is 25.4. The fourth-order valence-corrected chi connectivity index (χ4v) is 5.16. The van der Waals surface area contributed by atoms with Crippen LogP contribution >= 0.6 is 24.0 Å². The van der Waals surface area contributed by atoms with Crippen molar-refractivity contribution in [1.82, 2.24) is 0 Å². The van der Waals surface area contributed by atoms with Gasteiger partial charge in [-0.15, -0.1) is 0 Å². The number of nitro groups is 1. The van der Waals surface area contributed by atoms with E-state index in [1.807, 2.05) is 48.5 Å². The van der Waals surface area contributed by atoms with Crippen molar-refractivity contribution in [2.24, 2.45) is 0 Å². The van der Waals surface area contributed by atoms with Crippen LogP contribution in [0.2, 0.25) is 0 Å². The van der Waals surface area contributed by atoms with Gasteiger partial charge in [0, 0.05) is 12.1 Å². The van der Waals surface area contributed by atoms with E-state index in [9.17, 15) is 14.9 Å². The van der Waals surface area contributed by atoms with E-state index in [1.54, 1.807) is 12.1 Å². The van der Waals surface area contributed by atoms with Gasteiger partial charge in [0.05, 0.1) is 15.5 Å². The summed E-state index contributed by atoms with van der Waals surface area (Å²) in [5, 5.41) is 13.4. The number of benzene rings is 4. The number of rotatable bonds is 6. The molecular formula is C27H18N2O4S2. The summed E-state index contributed by atoms with van der Waals surface area (Å²) in [6.45, 7) is 0.416. The number of carbonyl (C=O) groups is 1. The van der Waals surface area contributed by atoms with Gasteiger partial charge in [0.25, 0.3) is 11.6 Å². The van der Waals surface area contributed by atoms with E-state index in [-0.39, 0.29) is 11.6 Å². The summed E-state index contributed by atoms with van der Waals surface area (Å²) in [7, 11) is 0. The topological polar surface area (TPSA) is 72.7 Å². The summed E-state index contributed by atoms with van der Waals surface area (Å²) in [5.41, 5.74) is 2.15. The Bertz CT molecular complexity index is 1510. The van der Waals surface area contributed by atoms with Gasteiger partial charge >= 0.3 is 0 Å². The summed E-state index contributed by atoms with van der Waals surface area (Å²) in [6.07, 6.45) is 1.75. The van der Waals surface area contributed by atoms with E-state index in [2.05, 4.69) is 18.2 Å². The second-order valence-corrected chi connectivity index (χ2v) is 9.47. The van der Waals surface area contributed by atoms with Crippen molar-refractivity contribution in [3.63, 3.8) is 0 Å². The summed E-state index contributed by atoms with van der Waals surface area (Å²) in [6, 6.07) is 27.7. The molecule has 6 nitrogen and oxygen atoms in total. The number of thioether (sulfide) groups is 1. The third-order valence-corrected chi connectivity index (χ3v) is 6.82. The van der Waals surface area contributed by atoms with Gasteiger partial charge in [0.2, 0.25) is 0 Å². The van der Waals surface area contributed by atoms with Crippen molar-refractivity contribution < 1.29 is 14.5 Å². The average Bonchev–Trinajstić information content (AvgIpc) is 3.15. The minimum atomic E-state index is -0.499. The molecule has 0 spiro atoms. The fraction of sp³-hybridized carbons (Fsp3) is 0.0370. The highest BCUT2D eigenvalue weighted by Crippen LogP contribution is 2.37. The Labute approximate surface area is 211 Å². The summed E-state index contributed by atoms with van der Waals surface area (Å²) < 4.78 is 6.38. The molecule has 4 aromatic carbocycles. The van der Waals surface area contributed by atoms with Crippen LogP contribution in [-0.4, -0.2) is 15.2 Å². The number of non-ortho nitro benzene ring substituents is 1. The van der Waals surface area contributed by atoms with Gasteiger partial charge in [-0.1, -0.05) is 84.6 Å². The van der Waals surface area contributed by atoms with Crippen LogP contribution in [0, 0.1) is 10.1 Å². The first kappa shape index (κ1) is 22.8. The maximum atomic E-state index is 13.1. The molecule has 0 bridgehead atoms. The van der Waals surface area contributed by atoms with Crippen LogP contribution in [0.1, 0.15) is 11.1 Å². The Balaban J connectivity index is 1.35. The fourth-order valence-electron chi connectivity index (χ4n) is 3.86. The van der Waals surface area contributed by atoms with Gasteiger partial charge in [0.1, 0.15) is 12.4 Å². The van der Waals surface area contributed by atoms with Crippen molar-refractivity contribution in [2.75, 3.05) is 4.90 Å². The maximum absolute atomic E-state index is 13.1. The highest BCUT2D eigenvalue weighted by Gasteiger charge is 2.33. The second-order valence-electron chi connectivity index (χ2n) is 7.79. The molecule has 0 atom stereocenters. The molecule has 8 heteroatoms. The predicted molar refractivity (Wildman–Crippen MR) is 143 cm³/mol. The van der Waals surface area contributed by atoms with Crippen molar-refractivity contribution >= 4 is 62.4 Å². The molecule has 0 aromatic heterocycles. The molecule has 1 aliphatic rings. The second kappa shape index (κ2) is 9.69. The molecule has 4 aromatic rings. The lowest BCUT2D eigenvalue weighted by atomic mass is 10.1. The zero-order valence-electron chi connectivity index (χ0n) is 18.3. The molecule has 1 aliphatic heterocycles. The smallest absolute Gasteiger partial charge is 0.271 e. The Kier molecular flexibility index (Phi) is 6.31. The Morgan fingerprint density at radius 3 is 2.60 bits per heavy atom. The molecule has 0 saturated carbocycles. The Hall–Kier alpha value is -4.01. The lowest BCUT2D eigenvalue weighted by Crippen LogP contribution is -2.27.